The van der Waals surface area contributed by atoms with Gasteiger partial charge < -0.3 is 10.6 Å². The Bertz CT molecular complexity index is 433. The Morgan fingerprint density at radius 3 is 3.06 bits per heavy atom. The molecule has 6 heteroatoms. The zero-order chi connectivity index (χ0) is 13.0. The molecule has 5 nitrogen and oxygen atoms in total. The summed E-state index contributed by atoms with van der Waals surface area (Å²) in [6, 6.07) is 5.22. The molecule has 0 aliphatic carbocycles. The van der Waals surface area contributed by atoms with E-state index in [-0.39, 0.29) is 5.69 Å². The van der Waals surface area contributed by atoms with Gasteiger partial charge in [0.05, 0.1) is 4.92 Å². The van der Waals surface area contributed by atoms with Gasteiger partial charge in [0.15, 0.2) is 0 Å². The van der Waals surface area contributed by atoms with Crippen LogP contribution in [0.4, 0.5) is 11.4 Å². The van der Waals surface area contributed by atoms with E-state index < -0.39 is 4.92 Å². The monoisotopic (exact) mass is 269 g/mol. The molecule has 1 aliphatic heterocycles. The highest BCUT2D eigenvalue weighted by Crippen LogP contribution is 2.27. The topological polar surface area (TPSA) is 67.2 Å². The molecule has 0 radical (unpaired) electrons. The summed E-state index contributed by atoms with van der Waals surface area (Å²) in [5.41, 5.74) is 0.560. The molecule has 0 aromatic heterocycles. The van der Waals surface area contributed by atoms with Crippen LogP contribution in [0.25, 0.3) is 0 Å². The minimum absolute atomic E-state index is 0.0295. The van der Waals surface area contributed by atoms with Gasteiger partial charge in [-0.05, 0) is 37.9 Å². The Kier molecular flexibility index (Phi) is 4.38. The summed E-state index contributed by atoms with van der Waals surface area (Å²) < 4.78 is 0. The van der Waals surface area contributed by atoms with Crippen molar-refractivity contribution in [3.63, 3.8) is 0 Å². The first-order valence-electron chi connectivity index (χ1n) is 6.08. The van der Waals surface area contributed by atoms with Crippen molar-refractivity contribution in [1.29, 1.82) is 0 Å². The summed E-state index contributed by atoms with van der Waals surface area (Å²) >= 11 is 5.76. The number of nitro groups is 1. The number of hydrogen-bond acceptors (Lipinski definition) is 4. The molecule has 18 heavy (non-hydrogen) atoms. The maximum atomic E-state index is 10.9. The van der Waals surface area contributed by atoms with Crippen LogP contribution in [0, 0.1) is 10.1 Å². The van der Waals surface area contributed by atoms with Crippen LogP contribution in [0.2, 0.25) is 5.02 Å². The van der Waals surface area contributed by atoms with E-state index >= 15 is 0 Å². The zero-order valence-electron chi connectivity index (χ0n) is 9.99. The van der Waals surface area contributed by atoms with Crippen molar-refractivity contribution in [2.75, 3.05) is 18.4 Å². The molecule has 1 aromatic rings. The van der Waals surface area contributed by atoms with Crippen LogP contribution in [-0.4, -0.2) is 24.1 Å². The molecular formula is C12H16ClN3O2. The molecule has 2 N–H and O–H groups in total. The Morgan fingerprint density at radius 1 is 1.56 bits per heavy atom. The minimum atomic E-state index is -0.415. The lowest BCUT2D eigenvalue weighted by Gasteiger charge is -2.11. The van der Waals surface area contributed by atoms with E-state index in [0.29, 0.717) is 16.8 Å². The number of nitrogens with zero attached hydrogens (tertiary/aromatic N) is 1. The van der Waals surface area contributed by atoms with Crippen molar-refractivity contribution < 1.29 is 4.92 Å². The van der Waals surface area contributed by atoms with Gasteiger partial charge in [-0.25, -0.2) is 0 Å². The Balaban J connectivity index is 1.93. The van der Waals surface area contributed by atoms with E-state index in [2.05, 4.69) is 10.6 Å². The number of rotatable bonds is 5. The van der Waals surface area contributed by atoms with E-state index in [0.717, 1.165) is 19.5 Å². The smallest absolute Gasteiger partial charge is 0.293 e. The fourth-order valence-electron chi connectivity index (χ4n) is 2.19. The van der Waals surface area contributed by atoms with Crippen molar-refractivity contribution in [3.05, 3.63) is 33.3 Å². The maximum Gasteiger partial charge on any atom is 0.293 e. The molecule has 0 bridgehead atoms. The van der Waals surface area contributed by atoms with Gasteiger partial charge in [-0.15, -0.1) is 0 Å². The molecule has 1 atom stereocenters. The fraction of sp³-hybridized carbons (Fsp3) is 0.500. The van der Waals surface area contributed by atoms with E-state index in [9.17, 15) is 10.1 Å². The molecule has 1 aliphatic rings. The van der Waals surface area contributed by atoms with Crippen LogP contribution in [0.3, 0.4) is 0 Å². The fourth-order valence-corrected chi connectivity index (χ4v) is 2.36. The summed E-state index contributed by atoms with van der Waals surface area (Å²) in [4.78, 5) is 10.5. The van der Waals surface area contributed by atoms with Crippen LogP contribution in [0.15, 0.2) is 18.2 Å². The number of halogens is 1. The van der Waals surface area contributed by atoms with E-state index in [1.54, 1.807) is 12.1 Å². The van der Waals surface area contributed by atoms with Crippen molar-refractivity contribution in [2.24, 2.45) is 0 Å². The van der Waals surface area contributed by atoms with Gasteiger partial charge in [-0.1, -0.05) is 11.6 Å². The average molecular weight is 270 g/mol. The molecule has 0 spiro atoms. The molecule has 0 unspecified atom stereocenters. The third-order valence-corrected chi connectivity index (χ3v) is 3.36. The van der Waals surface area contributed by atoms with Gasteiger partial charge in [-0.2, -0.15) is 0 Å². The van der Waals surface area contributed by atoms with E-state index in [1.807, 2.05) is 0 Å². The van der Waals surface area contributed by atoms with Crippen molar-refractivity contribution in [3.8, 4) is 0 Å². The summed E-state index contributed by atoms with van der Waals surface area (Å²) in [6.07, 6.45) is 3.37. The maximum absolute atomic E-state index is 10.9. The van der Waals surface area contributed by atoms with Crippen LogP contribution < -0.4 is 10.6 Å². The highest BCUT2D eigenvalue weighted by Gasteiger charge is 2.16. The largest absolute Gasteiger partial charge is 0.379 e. The lowest BCUT2D eigenvalue weighted by Crippen LogP contribution is -2.24. The average Bonchev–Trinajstić information content (AvgIpc) is 2.84. The highest BCUT2D eigenvalue weighted by molar-refractivity contribution is 6.30. The number of anilines is 1. The Labute approximate surface area is 111 Å². The van der Waals surface area contributed by atoms with Crippen LogP contribution in [0.1, 0.15) is 19.3 Å². The summed E-state index contributed by atoms with van der Waals surface area (Å²) in [5, 5.41) is 17.8. The standard InChI is InChI=1S/C12H16ClN3O2/c13-9-3-4-11(12(8-9)16(17)18)15-7-5-10-2-1-6-14-10/h3-4,8,10,14-15H,1-2,5-7H2/t10-/m1/s1. The molecule has 1 aromatic carbocycles. The predicted molar refractivity (Wildman–Crippen MR) is 72.2 cm³/mol. The second-order valence-corrected chi connectivity index (χ2v) is 4.86. The van der Waals surface area contributed by atoms with Gasteiger partial charge in [0, 0.05) is 23.7 Å². The molecule has 2 rings (SSSR count). The summed E-state index contributed by atoms with van der Waals surface area (Å²) in [6.45, 7) is 1.80. The number of benzene rings is 1. The minimum Gasteiger partial charge on any atom is -0.379 e. The molecule has 0 saturated carbocycles. The Morgan fingerprint density at radius 2 is 2.39 bits per heavy atom. The first kappa shape index (κ1) is 13.1. The van der Waals surface area contributed by atoms with Crippen molar-refractivity contribution in [2.45, 2.75) is 25.3 Å². The van der Waals surface area contributed by atoms with Gasteiger partial charge in [-0.3, -0.25) is 10.1 Å². The molecule has 1 saturated heterocycles. The van der Waals surface area contributed by atoms with Crippen molar-refractivity contribution in [1.82, 2.24) is 5.32 Å². The molecular weight excluding hydrogens is 254 g/mol. The second kappa shape index (κ2) is 6.02. The predicted octanol–water partition coefficient (Wildman–Crippen LogP) is 2.80. The van der Waals surface area contributed by atoms with Crippen LogP contribution >= 0.6 is 11.6 Å². The lowest BCUT2D eigenvalue weighted by atomic mass is 10.1. The number of nitrogens with one attached hydrogen (secondary N) is 2. The van der Waals surface area contributed by atoms with Gasteiger partial charge in [0.2, 0.25) is 0 Å². The third kappa shape index (κ3) is 3.34. The highest BCUT2D eigenvalue weighted by atomic mass is 35.5. The quantitative estimate of drug-likeness (QED) is 0.637. The van der Waals surface area contributed by atoms with E-state index in [1.165, 1.54) is 18.9 Å². The third-order valence-electron chi connectivity index (χ3n) is 3.13. The number of nitro benzene ring substituents is 1. The molecule has 98 valence electrons. The normalized spacial score (nSPS) is 18.8. The summed E-state index contributed by atoms with van der Waals surface area (Å²) in [5.74, 6) is 0. The van der Waals surface area contributed by atoms with Gasteiger partial charge >= 0.3 is 0 Å². The lowest BCUT2D eigenvalue weighted by molar-refractivity contribution is -0.383. The van der Waals surface area contributed by atoms with Gasteiger partial charge in [0.25, 0.3) is 5.69 Å². The van der Waals surface area contributed by atoms with E-state index in [4.69, 9.17) is 11.6 Å². The Hall–Kier alpha value is -1.33. The number of hydrogen-bond donors (Lipinski definition) is 2. The van der Waals surface area contributed by atoms with Gasteiger partial charge in [0.1, 0.15) is 5.69 Å². The molecule has 1 heterocycles. The summed E-state index contributed by atoms with van der Waals surface area (Å²) in [7, 11) is 0. The molecule has 0 amide bonds. The van der Waals surface area contributed by atoms with Crippen molar-refractivity contribution >= 4 is 23.0 Å². The van der Waals surface area contributed by atoms with Crippen LogP contribution in [0.5, 0.6) is 0 Å². The first-order valence-corrected chi connectivity index (χ1v) is 6.46. The zero-order valence-corrected chi connectivity index (χ0v) is 10.7. The van der Waals surface area contributed by atoms with Crippen LogP contribution in [-0.2, 0) is 0 Å². The molecule has 1 fully saturated rings. The first-order chi connectivity index (χ1) is 8.66. The SMILES string of the molecule is O=[N+]([O-])c1cc(Cl)ccc1NCC[C@H]1CCCN1. The second-order valence-electron chi connectivity index (χ2n) is 4.43.